The number of anilines is 1. The summed E-state index contributed by atoms with van der Waals surface area (Å²) < 4.78 is 23.6. The van der Waals surface area contributed by atoms with Crippen LogP contribution in [-0.2, 0) is 32.5 Å². The smallest absolute Gasteiger partial charge is 0.262 e. The van der Waals surface area contributed by atoms with Crippen LogP contribution in [0.25, 0.3) is 0 Å². The maximum atomic E-state index is 12.6. The zero-order valence-electron chi connectivity index (χ0n) is 16.2. The molecule has 3 rings (SSSR count). The van der Waals surface area contributed by atoms with Gasteiger partial charge in [-0.2, -0.15) is 0 Å². The SMILES string of the molecule is CCc1ccccc1OCC(=O)Nc1cccc(CS(=O)C2CCOCC2)c1. The van der Waals surface area contributed by atoms with Gasteiger partial charge in [-0.3, -0.25) is 9.00 Å². The first kappa shape index (κ1) is 20.6. The lowest BCUT2D eigenvalue weighted by atomic mass is 10.1. The van der Waals surface area contributed by atoms with Gasteiger partial charge in [0, 0.05) is 40.7 Å². The van der Waals surface area contributed by atoms with Gasteiger partial charge in [0.1, 0.15) is 5.75 Å². The molecular weight excluding hydrogens is 374 g/mol. The molecule has 0 spiro atoms. The van der Waals surface area contributed by atoms with E-state index in [9.17, 15) is 9.00 Å². The number of carbonyl (C=O) groups excluding carboxylic acids is 1. The highest BCUT2D eigenvalue weighted by Crippen LogP contribution is 2.20. The molecule has 0 bridgehead atoms. The zero-order valence-corrected chi connectivity index (χ0v) is 17.0. The highest BCUT2D eigenvalue weighted by molar-refractivity contribution is 7.84. The normalized spacial score (nSPS) is 15.8. The number of carbonyl (C=O) groups is 1. The van der Waals surface area contributed by atoms with E-state index in [1.807, 2.05) is 48.5 Å². The molecule has 1 fully saturated rings. The average Bonchev–Trinajstić information content (AvgIpc) is 2.73. The summed E-state index contributed by atoms with van der Waals surface area (Å²) in [6.07, 6.45) is 2.54. The van der Waals surface area contributed by atoms with Crippen LogP contribution in [-0.4, -0.2) is 35.2 Å². The van der Waals surface area contributed by atoms with E-state index in [1.54, 1.807) is 0 Å². The lowest BCUT2D eigenvalue weighted by molar-refractivity contribution is -0.118. The molecule has 1 aliphatic heterocycles. The van der Waals surface area contributed by atoms with E-state index in [0.717, 1.165) is 36.1 Å². The summed E-state index contributed by atoms with van der Waals surface area (Å²) in [5, 5.41) is 3.05. The third kappa shape index (κ3) is 5.91. The number of rotatable bonds is 8. The van der Waals surface area contributed by atoms with Crippen LogP contribution in [0.3, 0.4) is 0 Å². The summed E-state index contributed by atoms with van der Waals surface area (Å²) >= 11 is 0. The Labute approximate surface area is 168 Å². The van der Waals surface area contributed by atoms with Crippen LogP contribution >= 0.6 is 0 Å². The highest BCUT2D eigenvalue weighted by Gasteiger charge is 2.20. The van der Waals surface area contributed by atoms with Crippen molar-refractivity contribution in [2.24, 2.45) is 0 Å². The monoisotopic (exact) mass is 401 g/mol. The van der Waals surface area contributed by atoms with Crippen molar-refractivity contribution in [3.05, 3.63) is 59.7 Å². The first-order valence-electron chi connectivity index (χ1n) is 9.70. The number of hydrogen-bond acceptors (Lipinski definition) is 4. The van der Waals surface area contributed by atoms with Gasteiger partial charge in [0.05, 0.1) is 0 Å². The third-order valence-electron chi connectivity index (χ3n) is 4.77. The van der Waals surface area contributed by atoms with Crippen LogP contribution in [0.15, 0.2) is 48.5 Å². The molecule has 150 valence electrons. The quantitative estimate of drug-likeness (QED) is 0.733. The summed E-state index contributed by atoms with van der Waals surface area (Å²) in [6.45, 7) is 3.38. The number of para-hydroxylation sites is 1. The summed E-state index contributed by atoms with van der Waals surface area (Å²) in [6, 6.07) is 15.3. The maximum absolute atomic E-state index is 12.6. The van der Waals surface area contributed by atoms with Crippen LogP contribution < -0.4 is 10.1 Å². The molecule has 28 heavy (non-hydrogen) atoms. The molecule has 0 aliphatic carbocycles. The van der Waals surface area contributed by atoms with Gasteiger partial charge in [0.15, 0.2) is 6.61 Å². The Balaban J connectivity index is 1.53. The predicted octanol–water partition coefficient (Wildman–Crippen LogP) is 3.69. The number of ether oxygens (including phenoxy) is 2. The number of aryl methyl sites for hydroxylation is 1. The minimum absolute atomic E-state index is 0.0464. The van der Waals surface area contributed by atoms with E-state index in [0.29, 0.717) is 24.7 Å². The van der Waals surface area contributed by atoms with Crippen molar-refractivity contribution in [3.8, 4) is 5.75 Å². The predicted molar refractivity (Wildman–Crippen MR) is 112 cm³/mol. The van der Waals surface area contributed by atoms with Gasteiger partial charge in [0.2, 0.25) is 0 Å². The Bertz CT molecular complexity index is 818. The van der Waals surface area contributed by atoms with Crippen LogP contribution in [0, 0.1) is 0 Å². The Kier molecular flexibility index (Phi) is 7.62. The molecule has 5 nitrogen and oxygen atoms in total. The molecule has 1 aliphatic rings. The average molecular weight is 402 g/mol. The summed E-state index contributed by atoms with van der Waals surface area (Å²) in [5.74, 6) is 1.02. The first-order valence-corrected chi connectivity index (χ1v) is 11.1. The topological polar surface area (TPSA) is 64.6 Å². The molecule has 2 aromatic carbocycles. The van der Waals surface area contributed by atoms with Crippen molar-refractivity contribution < 1.29 is 18.5 Å². The van der Waals surface area contributed by atoms with Gasteiger partial charge in [0.25, 0.3) is 5.91 Å². The van der Waals surface area contributed by atoms with Crippen LogP contribution in [0.5, 0.6) is 5.75 Å². The minimum atomic E-state index is -0.928. The molecule has 0 radical (unpaired) electrons. The zero-order chi connectivity index (χ0) is 19.8. The van der Waals surface area contributed by atoms with Crippen molar-refractivity contribution in [2.75, 3.05) is 25.1 Å². The molecule has 0 saturated carbocycles. The summed E-state index contributed by atoms with van der Waals surface area (Å²) in [5.41, 5.74) is 2.73. The summed E-state index contributed by atoms with van der Waals surface area (Å²) in [4.78, 5) is 12.3. The highest BCUT2D eigenvalue weighted by atomic mass is 32.2. The van der Waals surface area contributed by atoms with Crippen molar-refractivity contribution >= 4 is 22.4 Å². The Morgan fingerprint density at radius 1 is 1.18 bits per heavy atom. The fourth-order valence-corrected chi connectivity index (χ4v) is 4.70. The van der Waals surface area contributed by atoms with Gasteiger partial charge in [-0.05, 0) is 48.6 Å². The Morgan fingerprint density at radius 2 is 1.96 bits per heavy atom. The molecule has 1 unspecified atom stereocenters. The van der Waals surface area contributed by atoms with E-state index < -0.39 is 10.8 Å². The van der Waals surface area contributed by atoms with E-state index in [4.69, 9.17) is 9.47 Å². The Hall–Kier alpha value is -2.18. The van der Waals surface area contributed by atoms with E-state index in [-0.39, 0.29) is 17.8 Å². The van der Waals surface area contributed by atoms with E-state index >= 15 is 0 Å². The number of benzene rings is 2. The van der Waals surface area contributed by atoms with Crippen molar-refractivity contribution in [2.45, 2.75) is 37.2 Å². The van der Waals surface area contributed by atoms with Crippen molar-refractivity contribution in [1.29, 1.82) is 0 Å². The van der Waals surface area contributed by atoms with Crippen LogP contribution in [0.1, 0.15) is 30.9 Å². The molecule has 1 N–H and O–H groups in total. The fourth-order valence-electron chi connectivity index (χ4n) is 3.24. The molecule has 0 aromatic heterocycles. The third-order valence-corrected chi connectivity index (χ3v) is 6.60. The van der Waals surface area contributed by atoms with Gasteiger partial charge in [-0.1, -0.05) is 37.3 Å². The second-order valence-electron chi connectivity index (χ2n) is 6.84. The van der Waals surface area contributed by atoms with Crippen molar-refractivity contribution in [3.63, 3.8) is 0 Å². The van der Waals surface area contributed by atoms with Gasteiger partial charge < -0.3 is 14.8 Å². The second-order valence-corrected chi connectivity index (χ2v) is 8.55. The fraction of sp³-hybridized carbons (Fsp3) is 0.409. The van der Waals surface area contributed by atoms with Gasteiger partial charge >= 0.3 is 0 Å². The molecule has 2 aromatic rings. The molecule has 1 amide bonds. The van der Waals surface area contributed by atoms with Gasteiger partial charge in [-0.25, -0.2) is 0 Å². The van der Waals surface area contributed by atoms with Crippen LogP contribution in [0.2, 0.25) is 0 Å². The van der Waals surface area contributed by atoms with Gasteiger partial charge in [-0.15, -0.1) is 0 Å². The van der Waals surface area contributed by atoms with E-state index in [2.05, 4.69) is 12.2 Å². The lowest BCUT2D eigenvalue weighted by Crippen LogP contribution is -2.25. The van der Waals surface area contributed by atoms with E-state index in [1.165, 1.54) is 0 Å². The van der Waals surface area contributed by atoms with Crippen LogP contribution in [0.4, 0.5) is 5.69 Å². The first-order chi connectivity index (χ1) is 13.7. The lowest BCUT2D eigenvalue weighted by Gasteiger charge is -2.21. The standard InChI is InChI=1S/C22H27NO4S/c1-2-18-7-3-4-9-21(18)27-15-22(24)23-19-8-5-6-17(14-19)16-28(25)20-10-12-26-13-11-20/h3-9,14,20H,2,10-13,15-16H2,1H3,(H,23,24). The number of amides is 1. The largest absolute Gasteiger partial charge is 0.483 e. The molecular formula is C22H27NO4S. The Morgan fingerprint density at radius 3 is 2.75 bits per heavy atom. The maximum Gasteiger partial charge on any atom is 0.262 e. The van der Waals surface area contributed by atoms with Crippen molar-refractivity contribution in [1.82, 2.24) is 0 Å². The second kappa shape index (κ2) is 10.4. The minimum Gasteiger partial charge on any atom is -0.483 e. The summed E-state index contributed by atoms with van der Waals surface area (Å²) in [7, 11) is -0.928. The number of hydrogen-bond donors (Lipinski definition) is 1. The number of nitrogens with one attached hydrogen (secondary N) is 1. The molecule has 1 heterocycles. The molecule has 1 saturated heterocycles. The molecule has 1 atom stereocenters. The molecule has 6 heteroatoms.